The average Bonchev–Trinajstić information content (AvgIpc) is 2.40. The molecule has 0 atom stereocenters. The van der Waals surface area contributed by atoms with E-state index >= 15 is 0 Å². The predicted octanol–water partition coefficient (Wildman–Crippen LogP) is 1.17. The minimum absolute atomic E-state index is 0.0390. The fourth-order valence-corrected chi connectivity index (χ4v) is 2.00. The topological polar surface area (TPSA) is 58.5 Å². The highest BCUT2D eigenvalue weighted by Crippen LogP contribution is 2.25. The largest absolute Gasteiger partial charge is 0.493 e. The quantitative estimate of drug-likeness (QED) is 0.798. The molecule has 0 amide bonds. The molecule has 0 unspecified atom stereocenters. The van der Waals surface area contributed by atoms with Crippen LogP contribution in [-0.2, 0) is 4.74 Å². The summed E-state index contributed by atoms with van der Waals surface area (Å²) in [6.07, 6.45) is 1.71. The molecule has 88 valence electrons. The van der Waals surface area contributed by atoms with Crippen molar-refractivity contribution < 1.29 is 9.84 Å². The Balaban J connectivity index is 2.05. The maximum Gasteiger partial charge on any atom is 0.222 e. The van der Waals surface area contributed by atoms with Crippen LogP contribution in [0.4, 0.5) is 5.82 Å². The van der Waals surface area contributed by atoms with Gasteiger partial charge in [0.1, 0.15) is 5.82 Å². The van der Waals surface area contributed by atoms with Gasteiger partial charge in [-0.05, 0) is 12.1 Å². The van der Waals surface area contributed by atoms with Crippen LogP contribution in [0.5, 0.6) is 5.88 Å². The molecular weight excluding hydrogens is 218 g/mol. The van der Waals surface area contributed by atoms with E-state index in [1.807, 2.05) is 12.1 Å². The van der Waals surface area contributed by atoms with E-state index in [1.54, 1.807) is 12.3 Å². The molecule has 1 N–H and O–H groups in total. The van der Waals surface area contributed by atoms with Crippen molar-refractivity contribution in [3.05, 3.63) is 24.4 Å². The number of pyridine rings is 2. The van der Waals surface area contributed by atoms with E-state index in [1.165, 1.54) is 0 Å². The van der Waals surface area contributed by atoms with Crippen molar-refractivity contribution in [3.63, 3.8) is 0 Å². The van der Waals surface area contributed by atoms with Crippen molar-refractivity contribution in [1.82, 2.24) is 9.97 Å². The molecule has 0 radical (unpaired) electrons. The van der Waals surface area contributed by atoms with Crippen LogP contribution in [0.25, 0.3) is 10.9 Å². The number of aromatic nitrogens is 2. The molecule has 5 nitrogen and oxygen atoms in total. The summed E-state index contributed by atoms with van der Waals surface area (Å²) in [6.45, 7) is 2.99. The van der Waals surface area contributed by atoms with Crippen molar-refractivity contribution in [2.45, 2.75) is 0 Å². The van der Waals surface area contributed by atoms with Gasteiger partial charge in [-0.3, -0.25) is 4.98 Å². The zero-order valence-corrected chi connectivity index (χ0v) is 9.33. The summed E-state index contributed by atoms with van der Waals surface area (Å²) >= 11 is 0. The van der Waals surface area contributed by atoms with E-state index in [-0.39, 0.29) is 5.88 Å². The first-order valence-corrected chi connectivity index (χ1v) is 5.62. The number of rotatable bonds is 1. The molecule has 2 aromatic rings. The lowest BCUT2D eigenvalue weighted by Gasteiger charge is -2.27. The second kappa shape index (κ2) is 4.18. The van der Waals surface area contributed by atoms with Crippen LogP contribution in [-0.4, -0.2) is 41.4 Å². The molecule has 3 rings (SSSR count). The van der Waals surface area contributed by atoms with Crippen LogP contribution in [0.1, 0.15) is 0 Å². The van der Waals surface area contributed by atoms with Crippen molar-refractivity contribution in [2.24, 2.45) is 0 Å². The fourth-order valence-electron chi connectivity index (χ4n) is 2.00. The Bertz CT molecular complexity index is 538. The fraction of sp³-hybridized carbons (Fsp3) is 0.333. The third kappa shape index (κ3) is 1.89. The van der Waals surface area contributed by atoms with Crippen LogP contribution in [0.15, 0.2) is 24.4 Å². The number of hydrogen-bond donors (Lipinski definition) is 1. The molecular formula is C12H13N3O2. The zero-order valence-electron chi connectivity index (χ0n) is 9.33. The first kappa shape index (κ1) is 10.3. The third-order valence-electron chi connectivity index (χ3n) is 2.90. The highest BCUT2D eigenvalue weighted by atomic mass is 16.5. The normalized spacial score (nSPS) is 16.4. The summed E-state index contributed by atoms with van der Waals surface area (Å²) < 4.78 is 5.29. The SMILES string of the molecule is Oc1nc(N2CCOCC2)cc2ncccc12. The Labute approximate surface area is 98.7 Å². The third-order valence-corrected chi connectivity index (χ3v) is 2.90. The molecule has 1 saturated heterocycles. The monoisotopic (exact) mass is 231 g/mol. The number of hydrogen-bond acceptors (Lipinski definition) is 5. The average molecular weight is 231 g/mol. The number of nitrogens with zero attached hydrogens (tertiary/aromatic N) is 3. The summed E-state index contributed by atoms with van der Waals surface area (Å²) in [4.78, 5) is 10.5. The van der Waals surface area contributed by atoms with Crippen molar-refractivity contribution in [1.29, 1.82) is 0 Å². The lowest BCUT2D eigenvalue weighted by atomic mass is 10.2. The summed E-state index contributed by atoms with van der Waals surface area (Å²) in [6, 6.07) is 5.51. The summed E-state index contributed by atoms with van der Waals surface area (Å²) in [5.74, 6) is 0.800. The molecule has 0 bridgehead atoms. The number of anilines is 1. The molecule has 3 heterocycles. The highest BCUT2D eigenvalue weighted by molar-refractivity contribution is 5.85. The number of ether oxygens (including phenoxy) is 1. The molecule has 0 saturated carbocycles. The van der Waals surface area contributed by atoms with E-state index in [4.69, 9.17) is 4.74 Å². The summed E-state index contributed by atoms with van der Waals surface area (Å²) in [5.41, 5.74) is 0.765. The maximum atomic E-state index is 9.87. The second-order valence-corrected chi connectivity index (χ2v) is 3.97. The number of morpholine rings is 1. The predicted molar refractivity (Wildman–Crippen MR) is 64.2 cm³/mol. The highest BCUT2D eigenvalue weighted by Gasteiger charge is 2.14. The minimum Gasteiger partial charge on any atom is -0.493 e. The Morgan fingerprint density at radius 1 is 1.29 bits per heavy atom. The molecule has 0 aromatic carbocycles. The second-order valence-electron chi connectivity index (χ2n) is 3.97. The van der Waals surface area contributed by atoms with Gasteiger partial charge in [0, 0.05) is 25.4 Å². The van der Waals surface area contributed by atoms with E-state index in [9.17, 15) is 5.11 Å². The van der Waals surface area contributed by atoms with Gasteiger partial charge < -0.3 is 14.7 Å². The van der Waals surface area contributed by atoms with Gasteiger partial charge in [-0.25, -0.2) is 0 Å². The van der Waals surface area contributed by atoms with Crippen LogP contribution >= 0.6 is 0 Å². The zero-order chi connectivity index (χ0) is 11.7. The van der Waals surface area contributed by atoms with Gasteiger partial charge in [-0.2, -0.15) is 4.98 Å². The molecule has 1 aliphatic heterocycles. The van der Waals surface area contributed by atoms with Crippen LogP contribution in [0.3, 0.4) is 0 Å². The molecule has 2 aromatic heterocycles. The van der Waals surface area contributed by atoms with Crippen molar-refractivity contribution in [2.75, 3.05) is 31.2 Å². The van der Waals surface area contributed by atoms with Crippen LogP contribution in [0.2, 0.25) is 0 Å². The number of fused-ring (bicyclic) bond motifs is 1. The van der Waals surface area contributed by atoms with E-state index in [0.717, 1.165) is 24.4 Å². The smallest absolute Gasteiger partial charge is 0.222 e. The first-order chi connectivity index (χ1) is 8.34. The Morgan fingerprint density at radius 2 is 2.12 bits per heavy atom. The molecule has 1 fully saturated rings. The van der Waals surface area contributed by atoms with E-state index in [2.05, 4.69) is 14.9 Å². The molecule has 0 aliphatic carbocycles. The van der Waals surface area contributed by atoms with Crippen LogP contribution in [0, 0.1) is 0 Å². The minimum atomic E-state index is 0.0390. The van der Waals surface area contributed by atoms with E-state index < -0.39 is 0 Å². The summed E-state index contributed by atoms with van der Waals surface area (Å²) in [5, 5.41) is 10.6. The lowest BCUT2D eigenvalue weighted by Crippen LogP contribution is -2.36. The van der Waals surface area contributed by atoms with E-state index in [0.29, 0.717) is 18.6 Å². The van der Waals surface area contributed by atoms with Gasteiger partial charge in [0.15, 0.2) is 0 Å². The van der Waals surface area contributed by atoms with Crippen molar-refractivity contribution in [3.8, 4) is 5.88 Å². The van der Waals surface area contributed by atoms with Crippen LogP contribution < -0.4 is 4.90 Å². The van der Waals surface area contributed by atoms with Gasteiger partial charge in [-0.15, -0.1) is 0 Å². The molecule has 5 heteroatoms. The van der Waals surface area contributed by atoms with Gasteiger partial charge in [0.05, 0.1) is 24.1 Å². The number of aromatic hydroxyl groups is 1. The molecule has 1 aliphatic rings. The van der Waals surface area contributed by atoms with Gasteiger partial charge in [0.25, 0.3) is 0 Å². The van der Waals surface area contributed by atoms with Gasteiger partial charge in [0.2, 0.25) is 5.88 Å². The van der Waals surface area contributed by atoms with Crippen molar-refractivity contribution >= 4 is 16.7 Å². The first-order valence-electron chi connectivity index (χ1n) is 5.62. The molecule has 17 heavy (non-hydrogen) atoms. The van der Waals surface area contributed by atoms with Gasteiger partial charge >= 0.3 is 0 Å². The Morgan fingerprint density at radius 3 is 2.94 bits per heavy atom. The summed E-state index contributed by atoms with van der Waals surface area (Å²) in [7, 11) is 0. The Kier molecular flexibility index (Phi) is 2.53. The standard InChI is InChI=1S/C12H13N3O2/c16-12-9-2-1-3-13-10(9)8-11(14-12)15-4-6-17-7-5-15/h1-3,8H,4-7H2,(H,14,16). The lowest BCUT2D eigenvalue weighted by molar-refractivity contribution is 0.122. The van der Waals surface area contributed by atoms with Gasteiger partial charge in [-0.1, -0.05) is 0 Å². The Hall–Kier alpha value is -1.88. The molecule has 0 spiro atoms. The maximum absolute atomic E-state index is 9.87.